The maximum Gasteiger partial charge on any atom is 0.377 e. The Bertz CT molecular complexity index is 812. The third kappa shape index (κ3) is 3.54. The Kier molecular flexibility index (Phi) is 5.37. The smallest absolute Gasteiger partial charge is 0.377 e. The summed E-state index contributed by atoms with van der Waals surface area (Å²) in [6.45, 7) is 3.11. The van der Waals surface area contributed by atoms with E-state index in [1.54, 1.807) is 6.92 Å². The normalized spacial score (nSPS) is 48.2. The van der Waals surface area contributed by atoms with Gasteiger partial charge in [-0.15, -0.1) is 0 Å². The summed E-state index contributed by atoms with van der Waals surface area (Å²) in [4.78, 5) is 25.6. The number of carbonyl (C=O) groups is 2. The first-order valence-corrected chi connectivity index (χ1v) is 13.5. The average molecular weight is 481 g/mol. The first kappa shape index (κ1) is 23.2. The van der Waals surface area contributed by atoms with Gasteiger partial charge >= 0.3 is 17.9 Å². The van der Waals surface area contributed by atoms with Gasteiger partial charge in [0.15, 0.2) is 6.79 Å². The summed E-state index contributed by atoms with van der Waals surface area (Å²) in [6, 6.07) is 0. The Labute approximate surface area is 200 Å². The van der Waals surface area contributed by atoms with Gasteiger partial charge in [0.25, 0.3) is 0 Å². The second-order valence-corrected chi connectivity index (χ2v) is 12.9. The summed E-state index contributed by atoms with van der Waals surface area (Å²) in [6.07, 6.45) is 9.58. The second kappa shape index (κ2) is 7.88. The fourth-order valence-electron chi connectivity index (χ4n) is 9.49. The topological polar surface area (TPSA) is 61.8 Å². The molecule has 0 aliphatic heterocycles. The zero-order chi connectivity index (χ0) is 23.9. The summed E-state index contributed by atoms with van der Waals surface area (Å²) >= 11 is 0. The van der Waals surface area contributed by atoms with Crippen molar-refractivity contribution < 1.29 is 32.6 Å². The molecular weight excluding hydrogens is 442 g/mol. The lowest BCUT2D eigenvalue weighted by Gasteiger charge is -2.62. The van der Waals surface area contributed by atoms with Crippen LogP contribution in [0.4, 0.5) is 8.78 Å². The van der Waals surface area contributed by atoms with E-state index in [9.17, 15) is 18.4 Å². The maximum atomic E-state index is 14.0. The molecule has 0 saturated heterocycles. The number of alkyl halides is 2. The van der Waals surface area contributed by atoms with Crippen molar-refractivity contribution in [3.8, 4) is 0 Å². The van der Waals surface area contributed by atoms with Crippen LogP contribution < -0.4 is 0 Å². The number of halogens is 2. The molecule has 2 atom stereocenters. The number of carbonyl (C=O) groups excluding carboxylic acids is 2. The van der Waals surface area contributed by atoms with Crippen LogP contribution in [0.15, 0.2) is 0 Å². The minimum absolute atomic E-state index is 0.0164. The average Bonchev–Trinajstić information content (AvgIpc) is 2.78. The van der Waals surface area contributed by atoms with Gasteiger partial charge in [-0.2, -0.15) is 8.78 Å². The Balaban J connectivity index is 1.09. The molecule has 0 spiro atoms. The molecule has 0 heterocycles. The molecule has 0 N–H and O–H groups in total. The van der Waals surface area contributed by atoms with Crippen molar-refractivity contribution >= 4 is 11.9 Å². The van der Waals surface area contributed by atoms with Crippen LogP contribution in [0.2, 0.25) is 0 Å². The third-order valence-electron chi connectivity index (χ3n) is 10.9. The van der Waals surface area contributed by atoms with Gasteiger partial charge < -0.3 is 14.2 Å². The summed E-state index contributed by atoms with van der Waals surface area (Å²) in [5.74, 6) is -1.94. The molecule has 8 saturated carbocycles. The lowest BCUT2D eigenvalue weighted by atomic mass is 9.45. The minimum Gasteiger partial charge on any atom is -0.454 e. The molecule has 2 unspecified atom stereocenters. The highest BCUT2D eigenvalue weighted by Gasteiger charge is 2.65. The van der Waals surface area contributed by atoms with Crippen molar-refractivity contribution in [2.75, 3.05) is 6.79 Å². The molecule has 8 bridgehead atoms. The minimum atomic E-state index is -3.47. The van der Waals surface area contributed by atoms with Crippen LogP contribution in [-0.2, 0) is 23.8 Å². The quantitative estimate of drug-likeness (QED) is 0.356. The summed E-state index contributed by atoms with van der Waals surface area (Å²) in [7, 11) is 0. The molecule has 34 heavy (non-hydrogen) atoms. The van der Waals surface area contributed by atoms with Crippen molar-refractivity contribution in [3.63, 3.8) is 0 Å². The van der Waals surface area contributed by atoms with Gasteiger partial charge in [-0.3, -0.25) is 4.79 Å². The van der Waals surface area contributed by atoms with Crippen molar-refractivity contribution in [2.24, 2.45) is 46.8 Å². The highest BCUT2D eigenvalue weighted by Crippen LogP contribution is 2.65. The fourth-order valence-corrected chi connectivity index (χ4v) is 9.49. The highest BCUT2D eigenvalue weighted by molar-refractivity contribution is 5.79. The molecule has 7 heteroatoms. The van der Waals surface area contributed by atoms with Gasteiger partial charge in [-0.05, 0) is 101 Å². The largest absolute Gasteiger partial charge is 0.454 e. The van der Waals surface area contributed by atoms with E-state index in [0.29, 0.717) is 30.6 Å². The predicted octanol–water partition coefficient (Wildman–Crippen LogP) is 5.50. The van der Waals surface area contributed by atoms with E-state index in [4.69, 9.17) is 14.2 Å². The molecule has 190 valence electrons. The summed E-state index contributed by atoms with van der Waals surface area (Å²) in [5.41, 5.74) is -1.53. The van der Waals surface area contributed by atoms with Crippen LogP contribution >= 0.6 is 0 Å². The molecule has 8 aliphatic rings. The molecule has 0 aromatic carbocycles. The molecular formula is C27H38F2O5. The van der Waals surface area contributed by atoms with E-state index in [-0.39, 0.29) is 30.7 Å². The molecule has 8 fully saturated rings. The van der Waals surface area contributed by atoms with Gasteiger partial charge in [0.05, 0.1) is 11.5 Å². The van der Waals surface area contributed by atoms with Gasteiger partial charge in [0.1, 0.15) is 5.60 Å². The zero-order valence-corrected chi connectivity index (χ0v) is 20.4. The number of hydrogen-bond donors (Lipinski definition) is 0. The first-order chi connectivity index (χ1) is 16.1. The molecule has 0 aromatic rings. The van der Waals surface area contributed by atoms with Crippen LogP contribution in [0.25, 0.3) is 0 Å². The molecule has 8 rings (SSSR count). The zero-order valence-electron chi connectivity index (χ0n) is 20.4. The molecule has 0 amide bonds. The van der Waals surface area contributed by atoms with Crippen LogP contribution in [0.3, 0.4) is 0 Å². The lowest BCUT2D eigenvalue weighted by Crippen LogP contribution is -2.63. The SMILES string of the molecule is CCC(F)(F)C(=O)OC1(C)C2CC3CC1CC(C(=O)OCOC1C4CC5CC(C4)CC1C5)(C3)C2. The Hall–Kier alpha value is -1.24. The standard InChI is InChI=1S/C27H38F2O5/c1-3-27(28,29)24(31)34-25(2)20-9-17-10-21(25)13-26(11-17,12-20)23(30)33-14-32-22-18-5-15-4-16(7-18)8-19(22)6-15/h15-22H,3-14H2,1-2H3. The van der Waals surface area contributed by atoms with Gasteiger partial charge in [0, 0.05) is 18.3 Å². The third-order valence-corrected chi connectivity index (χ3v) is 10.9. The van der Waals surface area contributed by atoms with E-state index in [0.717, 1.165) is 31.1 Å². The fraction of sp³-hybridized carbons (Fsp3) is 0.926. The van der Waals surface area contributed by atoms with Gasteiger partial charge in [-0.1, -0.05) is 6.92 Å². The van der Waals surface area contributed by atoms with Gasteiger partial charge in [-0.25, -0.2) is 4.79 Å². The van der Waals surface area contributed by atoms with Crippen LogP contribution in [0.5, 0.6) is 0 Å². The summed E-state index contributed by atoms with van der Waals surface area (Å²) < 4.78 is 45.5. The van der Waals surface area contributed by atoms with Crippen LogP contribution in [0, 0.1) is 46.8 Å². The maximum absolute atomic E-state index is 14.0. The van der Waals surface area contributed by atoms with Crippen molar-refractivity contribution in [3.05, 3.63) is 0 Å². The second-order valence-electron chi connectivity index (χ2n) is 12.9. The van der Waals surface area contributed by atoms with Crippen LogP contribution in [-0.4, -0.2) is 36.4 Å². The Morgan fingerprint density at radius 3 is 2.03 bits per heavy atom. The Morgan fingerprint density at radius 2 is 1.47 bits per heavy atom. The molecule has 8 aliphatic carbocycles. The monoisotopic (exact) mass is 480 g/mol. The first-order valence-electron chi connectivity index (χ1n) is 13.5. The van der Waals surface area contributed by atoms with E-state index in [1.165, 1.54) is 39.0 Å². The lowest BCUT2D eigenvalue weighted by molar-refractivity contribution is -0.241. The van der Waals surface area contributed by atoms with Crippen LogP contribution in [0.1, 0.15) is 84.5 Å². The predicted molar refractivity (Wildman–Crippen MR) is 119 cm³/mol. The Morgan fingerprint density at radius 1 is 0.882 bits per heavy atom. The van der Waals surface area contributed by atoms with Gasteiger partial charge in [0.2, 0.25) is 0 Å². The van der Waals surface area contributed by atoms with Crippen molar-refractivity contribution in [2.45, 2.75) is 102 Å². The van der Waals surface area contributed by atoms with E-state index < -0.39 is 29.3 Å². The van der Waals surface area contributed by atoms with Crippen molar-refractivity contribution in [1.29, 1.82) is 0 Å². The van der Waals surface area contributed by atoms with E-state index in [1.807, 2.05) is 0 Å². The van der Waals surface area contributed by atoms with E-state index in [2.05, 4.69) is 0 Å². The highest BCUT2D eigenvalue weighted by atomic mass is 19.3. The van der Waals surface area contributed by atoms with E-state index >= 15 is 0 Å². The molecule has 5 nitrogen and oxygen atoms in total. The number of esters is 2. The van der Waals surface area contributed by atoms with Crippen molar-refractivity contribution in [1.82, 2.24) is 0 Å². The number of hydrogen-bond acceptors (Lipinski definition) is 5. The number of rotatable bonds is 7. The molecule has 0 aromatic heterocycles. The number of ether oxygens (including phenoxy) is 3. The molecule has 0 radical (unpaired) electrons. The summed E-state index contributed by atoms with van der Waals surface area (Å²) in [5, 5.41) is 0.